The molecule has 100 valence electrons. The lowest BCUT2D eigenvalue weighted by atomic mass is 9.81. The van der Waals surface area contributed by atoms with Crippen LogP contribution in [0, 0.1) is 11.7 Å². The van der Waals surface area contributed by atoms with E-state index in [-0.39, 0.29) is 5.82 Å². The predicted molar refractivity (Wildman–Crippen MR) is 74.3 cm³/mol. The van der Waals surface area contributed by atoms with Crippen LogP contribution in [-0.2, 0) is 0 Å². The molecular weight excluding hydrogens is 225 g/mol. The maximum atomic E-state index is 13.4. The zero-order chi connectivity index (χ0) is 12.8. The van der Waals surface area contributed by atoms with Crippen LogP contribution in [0.25, 0.3) is 0 Å². The Bertz CT molecular complexity index is 356. The van der Waals surface area contributed by atoms with Gasteiger partial charge in [0.25, 0.3) is 0 Å². The average molecular weight is 249 g/mol. The normalized spacial score (nSPS) is 19.4. The molecule has 1 N–H and O–H groups in total. The van der Waals surface area contributed by atoms with Crippen LogP contribution >= 0.6 is 0 Å². The number of likely N-dealkylation sites (N-methyl/N-ethyl adjacent to an activating group) is 1. The molecule has 1 saturated carbocycles. The quantitative estimate of drug-likeness (QED) is 0.792. The van der Waals surface area contributed by atoms with Crippen molar-refractivity contribution in [2.45, 2.75) is 44.4 Å². The summed E-state index contributed by atoms with van der Waals surface area (Å²) in [5.41, 5.74) is 1.16. The fraction of sp³-hybridized carbons (Fsp3) is 0.625. The molecule has 2 heteroatoms. The summed E-state index contributed by atoms with van der Waals surface area (Å²) in [6.07, 6.45) is 7.99. The van der Waals surface area contributed by atoms with Crippen molar-refractivity contribution in [1.29, 1.82) is 0 Å². The minimum atomic E-state index is -0.109. The van der Waals surface area contributed by atoms with E-state index in [1.165, 1.54) is 44.6 Å². The highest BCUT2D eigenvalue weighted by Crippen LogP contribution is 2.35. The van der Waals surface area contributed by atoms with Crippen molar-refractivity contribution in [2.75, 3.05) is 13.6 Å². The van der Waals surface area contributed by atoms with Gasteiger partial charge in [0, 0.05) is 6.54 Å². The zero-order valence-corrected chi connectivity index (χ0v) is 11.3. The van der Waals surface area contributed by atoms with E-state index in [4.69, 9.17) is 0 Å². The van der Waals surface area contributed by atoms with E-state index < -0.39 is 0 Å². The Morgan fingerprint density at radius 1 is 1.22 bits per heavy atom. The van der Waals surface area contributed by atoms with Crippen LogP contribution in [0.5, 0.6) is 0 Å². The number of hydrogen-bond donors (Lipinski definition) is 1. The van der Waals surface area contributed by atoms with Gasteiger partial charge in [-0.25, -0.2) is 4.39 Å². The molecule has 1 atom stereocenters. The fourth-order valence-corrected chi connectivity index (χ4v) is 3.23. The van der Waals surface area contributed by atoms with Gasteiger partial charge in [-0.3, -0.25) is 0 Å². The Kier molecular flexibility index (Phi) is 5.18. The first-order valence-electron chi connectivity index (χ1n) is 7.21. The monoisotopic (exact) mass is 249 g/mol. The third-order valence-electron chi connectivity index (χ3n) is 4.17. The van der Waals surface area contributed by atoms with Crippen molar-refractivity contribution in [2.24, 2.45) is 5.92 Å². The lowest BCUT2D eigenvalue weighted by molar-refractivity contribution is 0.366. The van der Waals surface area contributed by atoms with Gasteiger partial charge in [-0.05, 0) is 49.4 Å². The van der Waals surface area contributed by atoms with Crippen LogP contribution in [0.4, 0.5) is 4.39 Å². The first-order chi connectivity index (χ1) is 8.81. The summed E-state index contributed by atoms with van der Waals surface area (Å²) in [5.74, 6) is 1.06. The summed E-state index contributed by atoms with van der Waals surface area (Å²) in [5, 5.41) is 3.28. The van der Waals surface area contributed by atoms with Gasteiger partial charge in [0.1, 0.15) is 5.82 Å². The molecule has 1 aromatic carbocycles. The molecule has 0 aliphatic heterocycles. The molecule has 18 heavy (non-hydrogen) atoms. The minimum Gasteiger partial charge on any atom is -0.319 e. The van der Waals surface area contributed by atoms with E-state index in [1.807, 2.05) is 13.1 Å². The molecular formula is C16H24FN. The van der Waals surface area contributed by atoms with Crippen LogP contribution < -0.4 is 5.32 Å². The Morgan fingerprint density at radius 3 is 2.56 bits per heavy atom. The van der Waals surface area contributed by atoms with Crippen molar-refractivity contribution in [1.82, 2.24) is 5.32 Å². The Morgan fingerprint density at radius 2 is 1.94 bits per heavy atom. The second kappa shape index (κ2) is 6.89. The fourth-order valence-electron chi connectivity index (χ4n) is 3.23. The van der Waals surface area contributed by atoms with Crippen LogP contribution in [0.2, 0.25) is 0 Å². The first kappa shape index (κ1) is 13.5. The molecule has 1 unspecified atom stereocenters. The number of hydrogen-bond acceptors (Lipinski definition) is 1. The van der Waals surface area contributed by atoms with E-state index in [0.717, 1.165) is 12.1 Å². The topological polar surface area (TPSA) is 12.0 Å². The molecule has 0 radical (unpaired) electrons. The van der Waals surface area contributed by atoms with Crippen LogP contribution in [0.1, 0.15) is 50.0 Å². The molecule has 0 bridgehead atoms. The molecule has 0 heterocycles. The Balaban J connectivity index is 2.15. The summed E-state index contributed by atoms with van der Waals surface area (Å²) in [6, 6.07) is 7.17. The van der Waals surface area contributed by atoms with Gasteiger partial charge >= 0.3 is 0 Å². The summed E-state index contributed by atoms with van der Waals surface area (Å²) in [4.78, 5) is 0. The molecule has 1 nitrogen and oxygen atoms in total. The Hall–Kier alpha value is -0.890. The van der Waals surface area contributed by atoms with Gasteiger partial charge in [-0.1, -0.05) is 37.8 Å². The molecule has 1 fully saturated rings. The van der Waals surface area contributed by atoms with Gasteiger partial charge in [0.05, 0.1) is 0 Å². The van der Waals surface area contributed by atoms with Crippen molar-refractivity contribution in [3.05, 3.63) is 35.6 Å². The molecule has 0 aromatic heterocycles. The lowest BCUT2D eigenvalue weighted by Crippen LogP contribution is -2.24. The maximum Gasteiger partial charge on any atom is 0.123 e. The van der Waals surface area contributed by atoms with Crippen molar-refractivity contribution < 1.29 is 4.39 Å². The first-order valence-corrected chi connectivity index (χ1v) is 7.21. The predicted octanol–water partition coefficient (Wildman–Crippen LogP) is 4.10. The third-order valence-corrected chi connectivity index (χ3v) is 4.17. The zero-order valence-electron chi connectivity index (χ0n) is 11.3. The van der Waals surface area contributed by atoms with E-state index in [2.05, 4.69) is 11.4 Å². The van der Waals surface area contributed by atoms with Gasteiger partial charge in [0.2, 0.25) is 0 Å². The average Bonchev–Trinajstić information content (AvgIpc) is 2.64. The molecule has 0 amide bonds. The molecule has 1 aliphatic rings. The SMILES string of the molecule is CNCC(c1cccc(F)c1)C1CCCCCC1. The molecule has 0 spiro atoms. The smallest absolute Gasteiger partial charge is 0.123 e. The highest BCUT2D eigenvalue weighted by atomic mass is 19.1. The summed E-state index contributed by atoms with van der Waals surface area (Å²) in [7, 11) is 1.99. The lowest BCUT2D eigenvalue weighted by Gasteiger charge is -2.26. The van der Waals surface area contributed by atoms with E-state index in [1.54, 1.807) is 6.07 Å². The number of rotatable bonds is 4. The van der Waals surface area contributed by atoms with Gasteiger partial charge in [0.15, 0.2) is 0 Å². The third kappa shape index (κ3) is 3.55. The molecule has 1 aromatic rings. The van der Waals surface area contributed by atoms with Gasteiger partial charge in [-0.2, -0.15) is 0 Å². The largest absolute Gasteiger partial charge is 0.319 e. The van der Waals surface area contributed by atoms with E-state index in [9.17, 15) is 4.39 Å². The summed E-state index contributed by atoms with van der Waals surface area (Å²) < 4.78 is 13.4. The summed E-state index contributed by atoms with van der Waals surface area (Å²) >= 11 is 0. The number of halogens is 1. The van der Waals surface area contributed by atoms with E-state index >= 15 is 0 Å². The van der Waals surface area contributed by atoms with Crippen molar-refractivity contribution in [3.63, 3.8) is 0 Å². The van der Waals surface area contributed by atoms with Gasteiger partial charge < -0.3 is 5.32 Å². The van der Waals surface area contributed by atoms with Crippen LogP contribution in [-0.4, -0.2) is 13.6 Å². The number of nitrogens with one attached hydrogen (secondary N) is 1. The molecule has 2 rings (SSSR count). The summed E-state index contributed by atoms with van der Waals surface area (Å²) in [6.45, 7) is 0.952. The standard InChI is InChI=1S/C16H24FN/c1-18-12-16(13-7-4-2-3-5-8-13)14-9-6-10-15(17)11-14/h6,9-11,13,16,18H,2-5,7-8,12H2,1H3. The highest BCUT2D eigenvalue weighted by molar-refractivity contribution is 5.22. The van der Waals surface area contributed by atoms with Crippen molar-refractivity contribution >= 4 is 0 Å². The Labute approximate surface area is 110 Å². The minimum absolute atomic E-state index is 0.109. The van der Waals surface area contributed by atoms with Crippen LogP contribution in [0.15, 0.2) is 24.3 Å². The van der Waals surface area contributed by atoms with Crippen molar-refractivity contribution in [3.8, 4) is 0 Å². The van der Waals surface area contributed by atoms with E-state index in [0.29, 0.717) is 11.8 Å². The number of benzene rings is 1. The van der Waals surface area contributed by atoms with Gasteiger partial charge in [-0.15, -0.1) is 0 Å². The molecule has 1 aliphatic carbocycles. The highest BCUT2D eigenvalue weighted by Gasteiger charge is 2.23. The maximum absolute atomic E-state index is 13.4. The second-order valence-corrected chi connectivity index (χ2v) is 5.47. The van der Waals surface area contributed by atoms with Crippen LogP contribution in [0.3, 0.4) is 0 Å². The second-order valence-electron chi connectivity index (χ2n) is 5.47. The molecule has 0 saturated heterocycles.